The maximum absolute atomic E-state index is 11.1. The van der Waals surface area contributed by atoms with Gasteiger partial charge in [0.1, 0.15) is 0 Å². The lowest BCUT2D eigenvalue weighted by Gasteiger charge is -2.27. The van der Waals surface area contributed by atoms with Gasteiger partial charge in [0.15, 0.2) is 5.96 Å². The van der Waals surface area contributed by atoms with Crippen LogP contribution in [0.25, 0.3) is 0 Å². The zero-order chi connectivity index (χ0) is 17.7. The van der Waals surface area contributed by atoms with Gasteiger partial charge in [-0.15, -0.1) is 24.0 Å². The van der Waals surface area contributed by atoms with E-state index in [2.05, 4.69) is 22.3 Å². The second kappa shape index (κ2) is 14.6. The first-order valence-electron chi connectivity index (χ1n) is 9.24. The van der Waals surface area contributed by atoms with Crippen LogP contribution in [0.5, 0.6) is 0 Å². The molecule has 0 amide bonds. The number of carbonyl (C=O) groups is 1. The Morgan fingerprint density at radius 2 is 1.88 bits per heavy atom. The fraction of sp³-hybridized carbons (Fsp3) is 0.889. The summed E-state index contributed by atoms with van der Waals surface area (Å²) in [7, 11) is 3.20. The number of hydrogen-bond donors (Lipinski definition) is 2. The van der Waals surface area contributed by atoms with Crippen molar-refractivity contribution in [3.8, 4) is 0 Å². The highest BCUT2D eigenvalue weighted by atomic mass is 127. The van der Waals surface area contributed by atoms with Crippen molar-refractivity contribution < 1.29 is 14.3 Å². The second-order valence-electron chi connectivity index (χ2n) is 6.61. The molecule has 0 aromatic heterocycles. The number of hydrogen-bond acceptors (Lipinski definition) is 4. The predicted octanol–water partition coefficient (Wildman–Crippen LogP) is 3.10. The maximum Gasteiger partial charge on any atom is 0.305 e. The molecule has 0 aliphatic heterocycles. The van der Waals surface area contributed by atoms with Gasteiger partial charge in [-0.25, -0.2) is 0 Å². The molecular formula is C18H36IN3O3. The van der Waals surface area contributed by atoms with Crippen molar-refractivity contribution in [2.24, 2.45) is 10.4 Å². The number of unbranched alkanes of at least 4 members (excludes halogenated alkanes) is 1. The molecule has 0 aromatic rings. The van der Waals surface area contributed by atoms with E-state index in [9.17, 15) is 4.79 Å². The van der Waals surface area contributed by atoms with Gasteiger partial charge in [0.25, 0.3) is 0 Å². The number of guanidine groups is 1. The van der Waals surface area contributed by atoms with Gasteiger partial charge in [-0.3, -0.25) is 9.79 Å². The summed E-state index contributed by atoms with van der Waals surface area (Å²) >= 11 is 0. The number of aliphatic imine (C=N–C) groups is 1. The van der Waals surface area contributed by atoms with Crippen molar-refractivity contribution in [3.63, 3.8) is 0 Å². The summed E-state index contributed by atoms with van der Waals surface area (Å²) in [4.78, 5) is 15.9. The van der Waals surface area contributed by atoms with Crippen molar-refractivity contribution >= 4 is 35.9 Å². The lowest BCUT2D eigenvalue weighted by Crippen LogP contribution is -2.39. The van der Waals surface area contributed by atoms with Crippen molar-refractivity contribution in [2.75, 3.05) is 40.5 Å². The number of nitrogens with one attached hydrogen (secondary N) is 2. The van der Waals surface area contributed by atoms with Crippen LogP contribution >= 0.6 is 24.0 Å². The van der Waals surface area contributed by atoms with Crippen molar-refractivity contribution in [2.45, 2.75) is 58.3 Å². The van der Waals surface area contributed by atoms with E-state index >= 15 is 0 Å². The summed E-state index contributed by atoms with van der Waals surface area (Å²) in [5.74, 6) is 0.733. The van der Waals surface area contributed by atoms with Crippen LogP contribution in [0.1, 0.15) is 58.3 Å². The predicted molar refractivity (Wildman–Crippen MR) is 113 cm³/mol. The zero-order valence-electron chi connectivity index (χ0n) is 16.1. The number of rotatable bonds is 11. The van der Waals surface area contributed by atoms with Crippen LogP contribution in [0.2, 0.25) is 0 Å². The molecule has 1 rings (SSSR count). The Kier molecular flexibility index (Phi) is 14.3. The Morgan fingerprint density at radius 1 is 1.16 bits per heavy atom. The summed E-state index contributed by atoms with van der Waals surface area (Å²) < 4.78 is 9.94. The molecule has 1 saturated carbocycles. The third-order valence-corrected chi connectivity index (χ3v) is 4.75. The average molecular weight is 469 g/mol. The van der Waals surface area contributed by atoms with Gasteiger partial charge in [0.05, 0.1) is 7.11 Å². The Labute approximate surface area is 169 Å². The second-order valence-corrected chi connectivity index (χ2v) is 6.61. The molecule has 0 spiro atoms. The molecular weight excluding hydrogens is 433 g/mol. The quantitative estimate of drug-likeness (QED) is 0.160. The van der Waals surface area contributed by atoms with Gasteiger partial charge in [0, 0.05) is 39.8 Å². The third-order valence-electron chi connectivity index (χ3n) is 4.75. The normalized spacial score (nSPS) is 16.2. The molecule has 148 valence electrons. The zero-order valence-corrected chi connectivity index (χ0v) is 18.4. The smallest absolute Gasteiger partial charge is 0.305 e. The summed E-state index contributed by atoms with van der Waals surface area (Å²) in [6.45, 7) is 5.40. The van der Waals surface area contributed by atoms with E-state index in [0.29, 0.717) is 11.8 Å². The fourth-order valence-corrected chi connectivity index (χ4v) is 3.22. The average Bonchev–Trinajstić information content (AvgIpc) is 3.06. The number of esters is 1. The summed E-state index contributed by atoms with van der Waals surface area (Å²) in [5.41, 5.74) is 0.309. The summed E-state index contributed by atoms with van der Waals surface area (Å²) in [6.07, 6.45) is 8.42. The summed E-state index contributed by atoms with van der Waals surface area (Å²) in [5, 5.41) is 6.67. The Hall–Kier alpha value is -0.570. The molecule has 0 heterocycles. The van der Waals surface area contributed by atoms with E-state index in [-0.39, 0.29) is 29.9 Å². The molecule has 2 N–H and O–H groups in total. The number of halogens is 1. The summed E-state index contributed by atoms with van der Waals surface area (Å²) in [6, 6.07) is 0. The van der Waals surface area contributed by atoms with Gasteiger partial charge in [-0.2, -0.15) is 0 Å². The van der Waals surface area contributed by atoms with Crippen LogP contribution in [-0.2, 0) is 14.3 Å². The van der Waals surface area contributed by atoms with Crippen LogP contribution < -0.4 is 10.6 Å². The molecule has 7 heteroatoms. The molecule has 0 bridgehead atoms. The third kappa shape index (κ3) is 10.2. The van der Waals surface area contributed by atoms with Gasteiger partial charge in [-0.1, -0.05) is 12.8 Å². The molecule has 0 unspecified atom stereocenters. The minimum atomic E-state index is -0.142. The lowest BCUT2D eigenvalue weighted by atomic mass is 9.83. The Bertz CT molecular complexity index is 386. The van der Waals surface area contributed by atoms with E-state index in [4.69, 9.17) is 9.73 Å². The highest BCUT2D eigenvalue weighted by Crippen LogP contribution is 2.41. The van der Waals surface area contributed by atoms with Gasteiger partial charge < -0.3 is 20.1 Å². The largest absolute Gasteiger partial charge is 0.469 e. The van der Waals surface area contributed by atoms with E-state index in [1.807, 2.05) is 0 Å². The van der Waals surface area contributed by atoms with Crippen LogP contribution in [0.15, 0.2) is 4.99 Å². The molecule has 0 aromatic carbocycles. The molecule has 0 radical (unpaired) electrons. The van der Waals surface area contributed by atoms with Gasteiger partial charge >= 0.3 is 5.97 Å². The number of methoxy groups -OCH3 is 2. The topological polar surface area (TPSA) is 72.0 Å². The number of carbonyl (C=O) groups excluding carboxylic acids is 1. The van der Waals surface area contributed by atoms with Crippen LogP contribution in [0, 0.1) is 5.41 Å². The van der Waals surface area contributed by atoms with E-state index in [1.165, 1.54) is 32.8 Å². The highest BCUT2D eigenvalue weighted by Gasteiger charge is 2.33. The molecule has 0 saturated heterocycles. The van der Waals surface area contributed by atoms with Crippen molar-refractivity contribution in [1.29, 1.82) is 0 Å². The molecule has 1 aliphatic rings. The maximum atomic E-state index is 11.1. The van der Waals surface area contributed by atoms with Gasteiger partial charge in [0.2, 0.25) is 0 Å². The standard InChI is InChI=1S/C18H35N3O3.HI/c1-4-19-17(20-13-8-5-9-16(22)24-3)21-15-18(12-14-23-2)10-6-7-11-18;/h4-15H2,1-3H3,(H2,19,20,21);1H. The molecule has 25 heavy (non-hydrogen) atoms. The molecule has 0 atom stereocenters. The van der Waals surface area contributed by atoms with Crippen LogP contribution in [0.4, 0.5) is 0 Å². The van der Waals surface area contributed by atoms with E-state index < -0.39 is 0 Å². The minimum absolute atomic E-state index is 0. The van der Waals surface area contributed by atoms with Gasteiger partial charge in [-0.05, 0) is 44.4 Å². The molecule has 1 aliphatic carbocycles. The van der Waals surface area contributed by atoms with Crippen LogP contribution in [0.3, 0.4) is 0 Å². The van der Waals surface area contributed by atoms with Crippen LogP contribution in [-0.4, -0.2) is 52.4 Å². The number of nitrogens with zero attached hydrogens (tertiary/aromatic N) is 1. The Balaban J connectivity index is 0.00000576. The first-order chi connectivity index (χ1) is 11.7. The van der Waals surface area contributed by atoms with E-state index in [1.54, 1.807) is 7.11 Å². The Morgan fingerprint density at radius 3 is 2.48 bits per heavy atom. The lowest BCUT2D eigenvalue weighted by molar-refractivity contribution is -0.140. The van der Waals surface area contributed by atoms with Crippen molar-refractivity contribution in [1.82, 2.24) is 10.6 Å². The van der Waals surface area contributed by atoms with Crippen molar-refractivity contribution in [3.05, 3.63) is 0 Å². The highest BCUT2D eigenvalue weighted by molar-refractivity contribution is 14.0. The fourth-order valence-electron chi connectivity index (χ4n) is 3.22. The first-order valence-corrected chi connectivity index (χ1v) is 9.24. The first kappa shape index (κ1) is 24.4. The monoisotopic (exact) mass is 469 g/mol. The minimum Gasteiger partial charge on any atom is -0.469 e. The number of ether oxygens (including phenoxy) is 2. The molecule has 6 nitrogen and oxygen atoms in total. The molecule has 1 fully saturated rings. The van der Waals surface area contributed by atoms with E-state index in [0.717, 1.165) is 51.5 Å². The SMILES string of the molecule is CCNC(=NCC1(CCOC)CCCC1)NCCCCC(=O)OC.I.